The quantitative estimate of drug-likeness (QED) is 0.378. The van der Waals surface area contributed by atoms with E-state index in [0.29, 0.717) is 13.2 Å². The molecular weight excluding hydrogens is 208 g/mol. The lowest BCUT2D eigenvalue weighted by Gasteiger charge is -2.15. The van der Waals surface area contributed by atoms with E-state index in [1.54, 1.807) is 6.08 Å². The van der Waals surface area contributed by atoms with Crippen molar-refractivity contribution < 1.29 is 19.7 Å². The van der Waals surface area contributed by atoms with Crippen LogP contribution in [0.5, 0.6) is 0 Å². The predicted octanol–water partition coefficient (Wildman–Crippen LogP) is 0.482. The Labute approximate surface area is 95.9 Å². The third kappa shape index (κ3) is 1.61. The van der Waals surface area contributed by atoms with Gasteiger partial charge in [-0.25, -0.2) is 0 Å². The molecule has 4 nitrogen and oxygen atoms in total. The minimum absolute atomic E-state index is 0.000313. The lowest BCUT2D eigenvalue weighted by Crippen LogP contribution is -2.33. The fraction of sp³-hybridized carbons (Fsp3) is 0.833. The summed E-state index contributed by atoms with van der Waals surface area (Å²) < 4.78 is 11.1. The highest BCUT2D eigenvalue weighted by Crippen LogP contribution is 2.63. The Morgan fingerprint density at radius 3 is 2.94 bits per heavy atom. The van der Waals surface area contributed by atoms with Crippen LogP contribution in [-0.2, 0) is 9.47 Å². The van der Waals surface area contributed by atoms with Crippen LogP contribution in [0.15, 0.2) is 12.7 Å². The molecule has 2 aliphatic rings. The van der Waals surface area contributed by atoms with Gasteiger partial charge in [0.25, 0.3) is 0 Å². The van der Waals surface area contributed by atoms with Crippen molar-refractivity contribution in [2.24, 2.45) is 5.92 Å². The Hall–Kier alpha value is -0.420. The van der Waals surface area contributed by atoms with Gasteiger partial charge in [-0.1, -0.05) is 6.08 Å². The number of ether oxygens (including phenoxy) is 2. The van der Waals surface area contributed by atoms with Crippen LogP contribution in [0.3, 0.4) is 0 Å². The molecule has 2 fully saturated rings. The fourth-order valence-electron chi connectivity index (χ4n) is 3.02. The maximum absolute atomic E-state index is 9.44. The van der Waals surface area contributed by atoms with Gasteiger partial charge >= 0.3 is 0 Å². The molecule has 3 atom stereocenters. The second kappa shape index (κ2) is 4.45. The molecule has 0 radical (unpaired) electrons. The second-order valence-corrected chi connectivity index (χ2v) is 4.68. The monoisotopic (exact) mass is 228 g/mol. The van der Waals surface area contributed by atoms with Crippen molar-refractivity contribution in [3.63, 3.8) is 0 Å². The molecule has 0 amide bonds. The van der Waals surface area contributed by atoms with E-state index in [1.807, 2.05) is 0 Å². The second-order valence-electron chi connectivity index (χ2n) is 4.68. The minimum Gasteiger partial charge on any atom is -0.396 e. The molecule has 2 rings (SSSR count). The summed E-state index contributed by atoms with van der Waals surface area (Å²) in [5, 5.41) is 18.7. The molecule has 1 saturated heterocycles. The molecule has 0 aromatic rings. The first kappa shape index (κ1) is 12.0. The van der Waals surface area contributed by atoms with Crippen LogP contribution in [-0.4, -0.2) is 47.8 Å². The van der Waals surface area contributed by atoms with E-state index >= 15 is 0 Å². The average molecular weight is 228 g/mol. The third-order valence-electron chi connectivity index (χ3n) is 4.00. The maximum atomic E-state index is 9.44. The van der Waals surface area contributed by atoms with Crippen molar-refractivity contribution in [3.05, 3.63) is 12.7 Å². The van der Waals surface area contributed by atoms with Crippen molar-refractivity contribution in [2.75, 3.05) is 26.4 Å². The van der Waals surface area contributed by atoms with E-state index in [0.717, 1.165) is 19.3 Å². The van der Waals surface area contributed by atoms with Crippen molar-refractivity contribution in [1.29, 1.82) is 0 Å². The van der Waals surface area contributed by atoms with Gasteiger partial charge < -0.3 is 19.7 Å². The Balaban J connectivity index is 1.88. The van der Waals surface area contributed by atoms with E-state index in [-0.39, 0.29) is 24.7 Å². The van der Waals surface area contributed by atoms with Gasteiger partial charge in [0.05, 0.1) is 13.2 Å². The fourth-order valence-corrected chi connectivity index (χ4v) is 3.02. The third-order valence-corrected chi connectivity index (χ3v) is 4.00. The molecule has 2 N–H and O–H groups in total. The molecule has 4 heteroatoms. The zero-order valence-electron chi connectivity index (χ0n) is 9.52. The summed E-state index contributed by atoms with van der Waals surface area (Å²) in [6.07, 6.45) is 4.35. The average Bonchev–Trinajstić information content (AvgIpc) is 2.87. The van der Waals surface area contributed by atoms with Crippen LogP contribution in [0.4, 0.5) is 0 Å². The molecule has 1 heterocycles. The topological polar surface area (TPSA) is 62.2 Å². The Kier molecular flexibility index (Phi) is 3.35. The van der Waals surface area contributed by atoms with Crippen LogP contribution in [0.25, 0.3) is 0 Å². The van der Waals surface area contributed by atoms with Crippen LogP contribution in [0.2, 0.25) is 0 Å². The van der Waals surface area contributed by atoms with E-state index < -0.39 is 5.60 Å². The molecule has 1 saturated carbocycles. The summed E-state index contributed by atoms with van der Waals surface area (Å²) in [4.78, 5) is 0. The predicted molar refractivity (Wildman–Crippen MR) is 59.1 cm³/mol. The molecule has 0 aromatic carbocycles. The summed E-state index contributed by atoms with van der Waals surface area (Å²) in [5.41, 5.74) is -0.727. The summed E-state index contributed by atoms with van der Waals surface area (Å²) in [6, 6.07) is 0. The lowest BCUT2D eigenvalue weighted by molar-refractivity contribution is 0.0700. The largest absolute Gasteiger partial charge is 0.396 e. The number of rotatable bonds is 7. The van der Waals surface area contributed by atoms with Gasteiger partial charge in [-0.3, -0.25) is 0 Å². The zero-order chi connectivity index (χ0) is 11.6. The summed E-state index contributed by atoms with van der Waals surface area (Å²) in [7, 11) is 0. The van der Waals surface area contributed by atoms with Crippen LogP contribution >= 0.6 is 0 Å². The number of hydrogen-bond donors (Lipinski definition) is 2. The highest BCUT2D eigenvalue weighted by atomic mass is 16.6. The van der Waals surface area contributed by atoms with E-state index in [4.69, 9.17) is 9.47 Å². The van der Waals surface area contributed by atoms with Gasteiger partial charge in [0, 0.05) is 25.6 Å². The normalized spacial score (nSPS) is 40.8. The smallest absolute Gasteiger partial charge is 0.126 e. The van der Waals surface area contributed by atoms with Crippen LogP contribution in [0.1, 0.15) is 19.3 Å². The SMILES string of the molecule is C=CCOCC[C@]12CC[C@@H](CO)[C@@]1(CO)O2. The van der Waals surface area contributed by atoms with Gasteiger partial charge in [-0.15, -0.1) is 6.58 Å². The Morgan fingerprint density at radius 2 is 2.31 bits per heavy atom. The molecule has 0 unspecified atom stereocenters. The molecule has 0 bridgehead atoms. The maximum Gasteiger partial charge on any atom is 0.126 e. The molecule has 1 aliphatic carbocycles. The van der Waals surface area contributed by atoms with Crippen LogP contribution < -0.4 is 0 Å². The summed E-state index contributed by atoms with van der Waals surface area (Å²) in [5.74, 6) is 0.0805. The van der Waals surface area contributed by atoms with E-state index in [9.17, 15) is 10.2 Å². The first-order valence-electron chi connectivity index (χ1n) is 5.85. The first-order valence-corrected chi connectivity index (χ1v) is 5.85. The van der Waals surface area contributed by atoms with Crippen molar-refractivity contribution >= 4 is 0 Å². The standard InChI is InChI=1S/C12H20O4/c1-2-6-15-7-5-11-4-3-10(8-13)12(11,9-14)16-11/h2,10,13-14H,1,3-9H2/t10-,11+,12+/m0/s1. The Morgan fingerprint density at radius 1 is 1.50 bits per heavy atom. The first-order chi connectivity index (χ1) is 7.74. The molecular formula is C12H20O4. The highest BCUT2D eigenvalue weighted by Gasteiger charge is 2.75. The number of fused-ring (bicyclic) bond motifs is 1. The van der Waals surface area contributed by atoms with Crippen molar-refractivity contribution in [1.82, 2.24) is 0 Å². The van der Waals surface area contributed by atoms with Gasteiger partial charge in [-0.2, -0.15) is 0 Å². The number of aliphatic hydroxyl groups is 2. The van der Waals surface area contributed by atoms with Crippen LogP contribution in [0, 0.1) is 5.92 Å². The van der Waals surface area contributed by atoms with E-state index in [2.05, 4.69) is 6.58 Å². The van der Waals surface area contributed by atoms with E-state index in [1.165, 1.54) is 0 Å². The van der Waals surface area contributed by atoms with Gasteiger partial charge in [0.15, 0.2) is 0 Å². The Bertz CT molecular complexity index is 268. The van der Waals surface area contributed by atoms with Gasteiger partial charge in [0.2, 0.25) is 0 Å². The van der Waals surface area contributed by atoms with Crippen molar-refractivity contribution in [2.45, 2.75) is 30.5 Å². The number of hydrogen-bond acceptors (Lipinski definition) is 4. The minimum atomic E-state index is -0.487. The molecule has 0 aromatic heterocycles. The van der Waals surface area contributed by atoms with Gasteiger partial charge in [0.1, 0.15) is 11.2 Å². The number of aliphatic hydroxyl groups excluding tert-OH is 2. The molecule has 0 spiro atoms. The molecule has 16 heavy (non-hydrogen) atoms. The lowest BCUT2D eigenvalue weighted by atomic mass is 9.88. The van der Waals surface area contributed by atoms with Crippen molar-refractivity contribution in [3.8, 4) is 0 Å². The summed E-state index contributed by atoms with van der Waals surface area (Å²) in [6.45, 7) is 4.84. The highest BCUT2D eigenvalue weighted by molar-refractivity contribution is 5.23. The number of epoxide rings is 1. The molecule has 1 aliphatic heterocycles. The molecule has 92 valence electrons. The van der Waals surface area contributed by atoms with Gasteiger partial charge in [-0.05, 0) is 12.8 Å². The summed E-state index contributed by atoms with van der Waals surface area (Å²) >= 11 is 0. The zero-order valence-corrected chi connectivity index (χ0v) is 9.52.